The van der Waals surface area contributed by atoms with Crippen molar-refractivity contribution >= 4 is 28.3 Å². The lowest BCUT2D eigenvalue weighted by Gasteiger charge is -2.02. The molecule has 2 aromatic rings. The first-order valence-electron chi connectivity index (χ1n) is 4.16. The SMILES string of the molecule is NC(=O)c1cccc2cc(Cl)ccc12. The Kier molecular flexibility index (Phi) is 2.14. The van der Waals surface area contributed by atoms with Gasteiger partial charge in [-0.1, -0.05) is 29.8 Å². The van der Waals surface area contributed by atoms with E-state index in [0.717, 1.165) is 10.8 Å². The first kappa shape index (κ1) is 9.03. The van der Waals surface area contributed by atoms with Crippen molar-refractivity contribution < 1.29 is 4.79 Å². The Hall–Kier alpha value is -1.54. The third-order valence-corrected chi connectivity index (χ3v) is 2.34. The van der Waals surface area contributed by atoms with Gasteiger partial charge in [0.05, 0.1) is 0 Å². The van der Waals surface area contributed by atoms with Crippen molar-refractivity contribution in [3.8, 4) is 0 Å². The molecule has 0 saturated heterocycles. The van der Waals surface area contributed by atoms with Crippen molar-refractivity contribution in [2.45, 2.75) is 0 Å². The van der Waals surface area contributed by atoms with Gasteiger partial charge in [-0.15, -0.1) is 0 Å². The van der Waals surface area contributed by atoms with Crippen LogP contribution in [0.1, 0.15) is 10.4 Å². The predicted molar refractivity (Wildman–Crippen MR) is 57.5 cm³/mol. The van der Waals surface area contributed by atoms with Gasteiger partial charge in [0, 0.05) is 10.6 Å². The maximum Gasteiger partial charge on any atom is 0.249 e. The fourth-order valence-corrected chi connectivity index (χ4v) is 1.65. The summed E-state index contributed by atoms with van der Waals surface area (Å²) in [7, 11) is 0. The Bertz CT molecular complexity index is 508. The van der Waals surface area contributed by atoms with Crippen molar-refractivity contribution in [3.63, 3.8) is 0 Å². The van der Waals surface area contributed by atoms with Gasteiger partial charge >= 0.3 is 0 Å². The zero-order chi connectivity index (χ0) is 10.1. The molecule has 0 unspecified atom stereocenters. The molecule has 0 radical (unpaired) electrons. The smallest absolute Gasteiger partial charge is 0.249 e. The molecule has 2 aromatic carbocycles. The molecule has 0 aliphatic rings. The maximum absolute atomic E-state index is 11.1. The number of halogens is 1. The zero-order valence-electron chi connectivity index (χ0n) is 7.33. The molecule has 2 rings (SSSR count). The molecule has 0 spiro atoms. The maximum atomic E-state index is 11.1. The average Bonchev–Trinajstić information content (AvgIpc) is 2.16. The number of primary amides is 1. The summed E-state index contributed by atoms with van der Waals surface area (Å²) in [5.41, 5.74) is 5.77. The molecule has 14 heavy (non-hydrogen) atoms. The van der Waals surface area contributed by atoms with Gasteiger partial charge in [0.2, 0.25) is 5.91 Å². The van der Waals surface area contributed by atoms with E-state index >= 15 is 0 Å². The minimum Gasteiger partial charge on any atom is -0.366 e. The highest BCUT2D eigenvalue weighted by atomic mass is 35.5. The van der Waals surface area contributed by atoms with Crippen molar-refractivity contribution in [1.29, 1.82) is 0 Å². The third kappa shape index (κ3) is 1.44. The highest BCUT2D eigenvalue weighted by Crippen LogP contribution is 2.22. The highest BCUT2D eigenvalue weighted by Gasteiger charge is 2.05. The van der Waals surface area contributed by atoms with Gasteiger partial charge in [0.25, 0.3) is 0 Å². The van der Waals surface area contributed by atoms with Crippen molar-refractivity contribution in [1.82, 2.24) is 0 Å². The van der Waals surface area contributed by atoms with Crippen LogP contribution in [0.2, 0.25) is 5.02 Å². The molecular weight excluding hydrogens is 198 g/mol. The summed E-state index contributed by atoms with van der Waals surface area (Å²) in [6.07, 6.45) is 0. The van der Waals surface area contributed by atoms with Crippen LogP contribution < -0.4 is 5.73 Å². The largest absolute Gasteiger partial charge is 0.366 e. The lowest BCUT2D eigenvalue weighted by atomic mass is 10.0. The fourth-order valence-electron chi connectivity index (χ4n) is 1.47. The molecule has 1 amide bonds. The van der Waals surface area contributed by atoms with Crippen LogP contribution in [0.3, 0.4) is 0 Å². The normalized spacial score (nSPS) is 10.4. The van der Waals surface area contributed by atoms with Crippen LogP contribution >= 0.6 is 11.6 Å². The number of carbonyl (C=O) groups excluding carboxylic acids is 1. The summed E-state index contributed by atoms with van der Waals surface area (Å²) < 4.78 is 0. The van der Waals surface area contributed by atoms with Crippen molar-refractivity contribution in [2.24, 2.45) is 5.73 Å². The third-order valence-electron chi connectivity index (χ3n) is 2.11. The first-order chi connectivity index (χ1) is 6.68. The highest BCUT2D eigenvalue weighted by molar-refractivity contribution is 6.31. The number of rotatable bonds is 1. The Morgan fingerprint density at radius 2 is 2.00 bits per heavy atom. The number of hydrogen-bond donors (Lipinski definition) is 1. The zero-order valence-corrected chi connectivity index (χ0v) is 8.08. The van der Waals surface area contributed by atoms with Gasteiger partial charge in [0.15, 0.2) is 0 Å². The van der Waals surface area contributed by atoms with Crippen LogP contribution in [0.5, 0.6) is 0 Å². The molecule has 0 heterocycles. The van der Waals surface area contributed by atoms with Crippen LogP contribution in [0.4, 0.5) is 0 Å². The van der Waals surface area contributed by atoms with Gasteiger partial charge in [-0.2, -0.15) is 0 Å². The lowest BCUT2D eigenvalue weighted by molar-refractivity contribution is 0.100. The van der Waals surface area contributed by atoms with E-state index in [0.29, 0.717) is 10.6 Å². The summed E-state index contributed by atoms with van der Waals surface area (Å²) in [4.78, 5) is 11.1. The number of benzene rings is 2. The van der Waals surface area contributed by atoms with E-state index in [1.165, 1.54) is 0 Å². The van der Waals surface area contributed by atoms with Crippen molar-refractivity contribution in [3.05, 3.63) is 47.0 Å². The molecule has 3 heteroatoms. The van der Waals surface area contributed by atoms with Crippen LogP contribution in [0.25, 0.3) is 10.8 Å². The second-order valence-corrected chi connectivity index (χ2v) is 3.47. The molecule has 0 aliphatic heterocycles. The predicted octanol–water partition coefficient (Wildman–Crippen LogP) is 2.59. The van der Waals surface area contributed by atoms with E-state index in [-0.39, 0.29) is 0 Å². The Labute approximate surface area is 86.3 Å². The van der Waals surface area contributed by atoms with Crippen molar-refractivity contribution in [2.75, 3.05) is 0 Å². The molecule has 0 bridgehead atoms. The summed E-state index contributed by atoms with van der Waals surface area (Å²) in [6.45, 7) is 0. The molecule has 2 nitrogen and oxygen atoms in total. The van der Waals surface area contributed by atoms with Crippen LogP contribution in [-0.4, -0.2) is 5.91 Å². The van der Waals surface area contributed by atoms with Crippen LogP contribution in [-0.2, 0) is 0 Å². The first-order valence-corrected chi connectivity index (χ1v) is 4.54. The summed E-state index contributed by atoms with van der Waals surface area (Å²) >= 11 is 5.83. The topological polar surface area (TPSA) is 43.1 Å². The van der Waals surface area contributed by atoms with Gasteiger partial charge in [-0.25, -0.2) is 0 Å². The van der Waals surface area contributed by atoms with E-state index in [1.54, 1.807) is 24.3 Å². The number of hydrogen-bond acceptors (Lipinski definition) is 1. The van der Waals surface area contributed by atoms with Gasteiger partial charge in [-0.05, 0) is 29.0 Å². The quantitative estimate of drug-likeness (QED) is 0.764. The standard InChI is InChI=1S/C11H8ClNO/c12-8-4-5-9-7(6-8)2-1-3-10(9)11(13)14/h1-6H,(H2,13,14). The summed E-state index contributed by atoms with van der Waals surface area (Å²) in [6, 6.07) is 10.8. The number of carbonyl (C=O) groups is 1. The molecule has 70 valence electrons. The molecule has 0 saturated carbocycles. The minimum atomic E-state index is -0.419. The number of nitrogens with two attached hydrogens (primary N) is 1. The molecule has 0 aliphatic carbocycles. The minimum absolute atomic E-state index is 0.419. The van der Waals surface area contributed by atoms with Gasteiger partial charge in [-0.3, -0.25) is 4.79 Å². The van der Waals surface area contributed by atoms with E-state index in [1.807, 2.05) is 12.1 Å². The van der Waals surface area contributed by atoms with E-state index in [4.69, 9.17) is 17.3 Å². The Morgan fingerprint density at radius 3 is 2.71 bits per heavy atom. The van der Waals surface area contributed by atoms with E-state index < -0.39 is 5.91 Å². The monoisotopic (exact) mass is 205 g/mol. The Morgan fingerprint density at radius 1 is 1.21 bits per heavy atom. The second-order valence-electron chi connectivity index (χ2n) is 3.04. The van der Waals surface area contributed by atoms with Gasteiger partial charge in [0.1, 0.15) is 0 Å². The average molecular weight is 206 g/mol. The van der Waals surface area contributed by atoms with E-state index in [9.17, 15) is 4.79 Å². The molecule has 0 atom stereocenters. The van der Waals surface area contributed by atoms with Crippen LogP contribution in [0.15, 0.2) is 36.4 Å². The fraction of sp³-hybridized carbons (Fsp3) is 0. The van der Waals surface area contributed by atoms with Crippen LogP contribution in [0, 0.1) is 0 Å². The second kappa shape index (κ2) is 3.31. The van der Waals surface area contributed by atoms with Gasteiger partial charge < -0.3 is 5.73 Å². The lowest BCUT2D eigenvalue weighted by Crippen LogP contribution is -2.11. The Balaban J connectivity index is 2.81. The number of amides is 1. The summed E-state index contributed by atoms with van der Waals surface area (Å²) in [5.74, 6) is -0.419. The molecule has 0 fully saturated rings. The molecular formula is C11H8ClNO. The number of fused-ring (bicyclic) bond motifs is 1. The molecule has 2 N–H and O–H groups in total. The molecule has 0 aromatic heterocycles. The summed E-state index contributed by atoms with van der Waals surface area (Å²) in [5, 5.41) is 2.41. The van der Waals surface area contributed by atoms with E-state index in [2.05, 4.69) is 0 Å².